The van der Waals surface area contributed by atoms with Crippen LogP contribution in [0.3, 0.4) is 0 Å². The van der Waals surface area contributed by atoms with E-state index in [4.69, 9.17) is 0 Å². The Morgan fingerprint density at radius 1 is 1.17 bits per heavy atom. The zero-order valence-electron chi connectivity index (χ0n) is 11.9. The lowest BCUT2D eigenvalue weighted by atomic mass is 10.3. The topological polar surface area (TPSA) is 108 Å². The normalized spacial score (nSPS) is 10.4. The average Bonchev–Trinajstić information content (AvgIpc) is 3.20. The molecule has 3 aromatic rings. The lowest BCUT2D eigenvalue weighted by molar-refractivity contribution is -0.384. The highest BCUT2D eigenvalue weighted by atomic mass is 16.6. The molecule has 0 bridgehead atoms. The summed E-state index contributed by atoms with van der Waals surface area (Å²) < 4.78 is 3.25. The summed E-state index contributed by atoms with van der Waals surface area (Å²) >= 11 is 0. The summed E-state index contributed by atoms with van der Waals surface area (Å²) in [6, 6.07) is 8.97. The van der Waals surface area contributed by atoms with Gasteiger partial charge in [0.15, 0.2) is 5.69 Å². The van der Waals surface area contributed by atoms with Gasteiger partial charge in [0.25, 0.3) is 11.6 Å². The van der Waals surface area contributed by atoms with Gasteiger partial charge in [0.05, 0.1) is 4.92 Å². The Balaban J connectivity index is 1.66. The average molecular weight is 312 g/mol. The van der Waals surface area contributed by atoms with Crippen LogP contribution in [-0.2, 0) is 6.67 Å². The Kier molecular flexibility index (Phi) is 3.83. The third-order valence-corrected chi connectivity index (χ3v) is 3.06. The zero-order chi connectivity index (χ0) is 16.2. The molecule has 1 aromatic carbocycles. The van der Waals surface area contributed by atoms with Crippen LogP contribution in [0.15, 0.2) is 55.0 Å². The largest absolute Gasteiger partial charge is 0.321 e. The number of anilines is 1. The molecule has 1 N–H and O–H groups in total. The molecule has 9 nitrogen and oxygen atoms in total. The Bertz CT molecular complexity index is 823. The van der Waals surface area contributed by atoms with Crippen molar-refractivity contribution in [2.75, 3.05) is 5.32 Å². The number of carbonyl (C=O) groups excluding carboxylic acids is 1. The molecule has 0 spiro atoms. The maximum atomic E-state index is 12.1. The maximum absolute atomic E-state index is 12.1. The van der Waals surface area contributed by atoms with E-state index in [9.17, 15) is 14.9 Å². The van der Waals surface area contributed by atoms with Gasteiger partial charge in [-0.3, -0.25) is 24.3 Å². The molecule has 0 fully saturated rings. The van der Waals surface area contributed by atoms with Crippen LogP contribution < -0.4 is 5.32 Å². The first-order valence-corrected chi connectivity index (χ1v) is 6.68. The minimum Gasteiger partial charge on any atom is -0.321 e. The van der Waals surface area contributed by atoms with E-state index in [-0.39, 0.29) is 11.4 Å². The number of non-ortho nitro benzene ring substituents is 1. The molecule has 1 amide bonds. The van der Waals surface area contributed by atoms with Crippen molar-refractivity contribution in [2.45, 2.75) is 6.67 Å². The molecule has 23 heavy (non-hydrogen) atoms. The number of nitro groups is 1. The molecular weight excluding hydrogens is 300 g/mol. The molecule has 0 aliphatic rings. The van der Waals surface area contributed by atoms with E-state index in [1.54, 1.807) is 40.1 Å². The second kappa shape index (κ2) is 6.10. The van der Waals surface area contributed by atoms with Gasteiger partial charge in [-0.2, -0.15) is 10.2 Å². The number of carbonyl (C=O) groups is 1. The summed E-state index contributed by atoms with van der Waals surface area (Å²) in [7, 11) is 0. The van der Waals surface area contributed by atoms with Crippen molar-refractivity contribution < 1.29 is 9.72 Å². The monoisotopic (exact) mass is 312 g/mol. The fourth-order valence-electron chi connectivity index (χ4n) is 1.96. The maximum Gasteiger partial charge on any atom is 0.276 e. The quantitative estimate of drug-likeness (QED) is 0.570. The summed E-state index contributed by atoms with van der Waals surface area (Å²) in [5.74, 6) is -0.391. The lowest BCUT2D eigenvalue weighted by Crippen LogP contribution is -2.14. The van der Waals surface area contributed by atoms with Crippen molar-refractivity contribution >= 4 is 17.3 Å². The number of amides is 1. The number of hydrogen-bond donors (Lipinski definition) is 1. The molecule has 2 aromatic heterocycles. The van der Waals surface area contributed by atoms with Gasteiger partial charge in [0, 0.05) is 36.4 Å². The Morgan fingerprint density at radius 2 is 1.96 bits per heavy atom. The van der Waals surface area contributed by atoms with Gasteiger partial charge in [0.2, 0.25) is 0 Å². The number of nitrogens with zero attached hydrogens (tertiary/aromatic N) is 5. The van der Waals surface area contributed by atoms with Crippen molar-refractivity contribution in [3.8, 4) is 0 Å². The fourth-order valence-corrected chi connectivity index (χ4v) is 1.96. The highest BCUT2D eigenvalue weighted by Crippen LogP contribution is 2.16. The van der Waals surface area contributed by atoms with E-state index in [0.29, 0.717) is 12.4 Å². The second-order valence-electron chi connectivity index (χ2n) is 4.69. The van der Waals surface area contributed by atoms with Gasteiger partial charge >= 0.3 is 0 Å². The molecule has 0 radical (unpaired) electrons. The zero-order valence-corrected chi connectivity index (χ0v) is 11.9. The number of hydrogen-bond acceptors (Lipinski definition) is 5. The second-order valence-corrected chi connectivity index (χ2v) is 4.69. The standard InChI is InChI=1S/C14H12N6O3/c21-14(16-11-2-4-12(5-3-11)20(22)23)13-6-9-19(17-13)10-18-8-1-7-15-18/h1-9H,10H2,(H,16,21). The van der Waals surface area contributed by atoms with Gasteiger partial charge < -0.3 is 5.32 Å². The fraction of sp³-hybridized carbons (Fsp3) is 0.0714. The number of rotatable bonds is 5. The molecule has 0 saturated heterocycles. The minimum atomic E-state index is -0.497. The van der Waals surface area contributed by atoms with Crippen LogP contribution in [-0.4, -0.2) is 30.4 Å². The van der Waals surface area contributed by atoms with E-state index in [1.807, 2.05) is 0 Å². The van der Waals surface area contributed by atoms with Crippen LogP contribution in [0.1, 0.15) is 10.5 Å². The first-order chi connectivity index (χ1) is 11.1. The van der Waals surface area contributed by atoms with Crippen molar-refractivity contribution in [1.82, 2.24) is 19.6 Å². The van der Waals surface area contributed by atoms with Crippen LogP contribution in [0.4, 0.5) is 11.4 Å². The SMILES string of the molecule is O=C(Nc1ccc([N+](=O)[O-])cc1)c1ccn(Cn2cccn2)n1. The molecule has 3 rings (SSSR count). The van der Waals surface area contributed by atoms with Crippen molar-refractivity contribution in [1.29, 1.82) is 0 Å². The molecule has 9 heteroatoms. The first kappa shape index (κ1) is 14.4. The van der Waals surface area contributed by atoms with Crippen LogP contribution in [0.25, 0.3) is 0 Å². The molecule has 0 atom stereocenters. The molecule has 0 aliphatic heterocycles. The van der Waals surface area contributed by atoms with Crippen LogP contribution in [0.5, 0.6) is 0 Å². The van der Waals surface area contributed by atoms with E-state index >= 15 is 0 Å². The van der Waals surface area contributed by atoms with Gasteiger partial charge in [0.1, 0.15) is 6.67 Å². The Labute approximate surface area is 130 Å². The highest BCUT2D eigenvalue weighted by Gasteiger charge is 2.11. The Hall–Kier alpha value is -3.49. The van der Waals surface area contributed by atoms with E-state index in [1.165, 1.54) is 24.3 Å². The number of aromatic nitrogens is 4. The number of benzene rings is 1. The Morgan fingerprint density at radius 3 is 2.61 bits per heavy atom. The predicted octanol–water partition coefficient (Wildman–Crippen LogP) is 1.75. The molecule has 116 valence electrons. The van der Waals surface area contributed by atoms with Gasteiger partial charge in [-0.25, -0.2) is 0 Å². The van der Waals surface area contributed by atoms with Crippen molar-refractivity contribution in [3.63, 3.8) is 0 Å². The highest BCUT2D eigenvalue weighted by molar-refractivity contribution is 6.02. The van der Waals surface area contributed by atoms with Crippen LogP contribution in [0.2, 0.25) is 0 Å². The number of nitro benzene ring substituents is 1. The molecule has 0 aliphatic carbocycles. The molecule has 0 unspecified atom stereocenters. The number of nitrogens with one attached hydrogen (secondary N) is 1. The summed E-state index contributed by atoms with van der Waals surface area (Å²) in [5, 5.41) is 21.4. The van der Waals surface area contributed by atoms with Crippen LogP contribution in [0, 0.1) is 10.1 Å². The van der Waals surface area contributed by atoms with Crippen molar-refractivity contribution in [2.24, 2.45) is 0 Å². The van der Waals surface area contributed by atoms with Gasteiger partial charge in [-0.05, 0) is 24.3 Å². The third kappa shape index (κ3) is 3.40. The van der Waals surface area contributed by atoms with Gasteiger partial charge in [-0.15, -0.1) is 0 Å². The van der Waals surface area contributed by atoms with E-state index < -0.39 is 10.8 Å². The molecular formula is C14H12N6O3. The van der Waals surface area contributed by atoms with E-state index in [0.717, 1.165) is 0 Å². The summed E-state index contributed by atoms with van der Waals surface area (Å²) in [6.45, 7) is 0.401. The molecule has 0 saturated carbocycles. The van der Waals surface area contributed by atoms with E-state index in [2.05, 4.69) is 15.5 Å². The van der Waals surface area contributed by atoms with Crippen molar-refractivity contribution in [3.05, 3.63) is 70.8 Å². The van der Waals surface area contributed by atoms with Gasteiger partial charge in [-0.1, -0.05) is 0 Å². The molecule has 2 heterocycles. The first-order valence-electron chi connectivity index (χ1n) is 6.68. The minimum absolute atomic E-state index is 0.0356. The van der Waals surface area contributed by atoms with Crippen LogP contribution >= 0.6 is 0 Å². The summed E-state index contributed by atoms with van der Waals surface area (Å²) in [4.78, 5) is 22.2. The third-order valence-electron chi connectivity index (χ3n) is 3.06. The summed E-state index contributed by atoms with van der Waals surface area (Å²) in [5.41, 5.74) is 0.671. The summed E-state index contributed by atoms with van der Waals surface area (Å²) in [6.07, 6.45) is 5.12. The predicted molar refractivity (Wildman–Crippen MR) is 80.9 cm³/mol. The lowest BCUT2D eigenvalue weighted by Gasteiger charge is -2.03. The smallest absolute Gasteiger partial charge is 0.276 e.